The molecule has 34 heavy (non-hydrogen) atoms. The van der Waals surface area contributed by atoms with Gasteiger partial charge in [-0.05, 0) is 25.3 Å². The van der Waals surface area contributed by atoms with Crippen LogP contribution in [-0.2, 0) is 38.2 Å². The third kappa shape index (κ3) is 4.43. The predicted octanol–water partition coefficient (Wildman–Crippen LogP) is 3.67. The molecule has 0 aliphatic carbocycles. The number of nitrogens with zero attached hydrogens (tertiary/aromatic N) is 4. The number of sulfonamides is 1. The zero-order valence-corrected chi connectivity index (χ0v) is 18.1. The van der Waals surface area contributed by atoms with Gasteiger partial charge in [0.1, 0.15) is 17.7 Å². The van der Waals surface area contributed by atoms with E-state index < -0.39 is 50.8 Å². The first kappa shape index (κ1) is 24.6. The lowest BCUT2D eigenvalue weighted by Gasteiger charge is -2.33. The quantitative estimate of drug-likeness (QED) is 0.494. The Morgan fingerprint density at radius 3 is 2.06 bits per heavy atom. The van der Waals surface area contributed by atoms with Gasteiger partial charge in [-0.1, -0.05) is 4.21 Å². The van der Waals surface area contributed by atoms with Crippen molar-refractivity contribution in [1.29, 1.82) is 0 Å². The Morgan fingerprint density at radius 1 is 1.00 bits per heavy atom. The maximum Gasteiger partial charge on any atom is 0.416 e. The summed E-state index contributed by atoms with van der Waals surface area (Å²) < 4.78 is 107. The molecule has 15 heteroatoms. The molecular weight excluding hydrogens is 494 g/mol. The van der Waals surface area contributed by atoms with E-state index in [0.717, 1.165) is 4.31 Å². The predicted molar refractivity (Wildman–Crippen MR) is 102 cm³/mol. The van der Waals surface area contributed by atoms with Gasteiger partial charge in [-0.25, -0.2) is 4.79 Å². The molecule has 4 rings (SSSR count). The van der Waals surface area contributed by atoms with Crippen molar-refractivity contribution in [3.8, 4) is 0 Å². The molecule has 0 radical (unpaired) electrons. The lowest BCUT2D eigenvalue weighted by atomic mass is 9.97. The second-order valence-corrected chi connectivity index (χ2v) is 10.1. The van der Waals surface area contributed by atoms with Crippen LogP contribution in [0.3, 0.4) is 0 Å². The third-order valence-corrected chi connectivity index (χ3v) is 7.93. The summed E-state index contributed by atoms with van der Waals surface area (Å²) in [6, 6.07) is -0.581. The number of benzene rings is 1. The number of fused-ring (bicyclic) bond motifs is 1. The summed E-state index contributed by atoms with van der Waals surface area (Å²) in [6.07, 6.45) is -9.28. The van der Waals surface area contributed by atoms with Crippen LogP contribution < -0.4 is 0 Å². The lowest BCUT2D eigenvalue weighted by Crippen LogP contribution is -2.42. The molecule has 1 N–H and O–H groups in total. The number of carboxylic acid groups (broad SMARTS) is 1. The first-order chi connectivity index (χ1) is 15.7. The van der Waals surface area contributed by atoms with E-state index in [9.17, 15) is 45.0 Å². The molecule has 1 fully saturated rings. The van der Waals surface area contributed by atoms with Gasteiger partial charge in [0, 0.05) is 37.6 Å². The van der Waals surface area contributed by atoms with E-state index in [-0.39, 0.29) is 50.0 Å². The van der Waals surface area contributed by atoms with Crippen LogP contribution >= 0.6 is 0 Å². The number of aryl methyl sites for hydroxylation is 1. The normalized spacial score (nSPS) is 21.9. The van der Waals surface area contributed by atoms with Gasteiger partial charge in [-0.2, -0.15) is 26.3 Å². The number of alkyl halides is 6. The Kier molecular flexibility index (Phi) is 6.01. The van der Waals surface area contributed by atoms with Crippen molar-refractivity contribution in [2.24, 2.45) is 0 Å². The van der Waals surface area contributed by atoms with E-state index in [1.807, 2.05) is 0 Å². The van der Waals surface area contributed by atoms with Gasteiger partial charge in [0.2, 0.25) is 0 Å². The number of aromatic nitrogens is 3. The summed E-state index contributed by atoms with van der Waals surface area (Å²) in [5, 5.41) is 17.4. The van der Waals surface area contributed by atoms with Crippen molar-refractivity contribution in [2.75, 3.05) is 13.1 Å². The highest BCUT2D eigenvalue weighted by molar-refractivity contribution is 7.95. The van der Waals surface area contributed by atoms with E-state index in [1.54, 1.807) is 0 Å². The number of hydrogen-bond acceptors (Lipinski definition) is 5. The number of hydrogen-bond donors (Lipinski definition) is 1. The molecule has 1 aromatic carbocycles. The van der Waals surface area contributed by atoms with Gasteiger partial charge in [0.25, 0.3) is 0 Å². The number of carbonyl (C=O) groups is 1. The van der Waals surface area contributed by atoms with E-state index in [1.165, 1.54) is 4.57 Å². The van der Waals surface area contributed by atoms with Gasteiger partial charge >= 0.3 is 18.3 Å². The second kappa shape index (κ2) is 8.30. The van der Waals surface area contributed by atoms with Crippen molar-refractivity contribution < 1.29 is 45.0 Å². The van der Waals surface area contributed by atoms with Crippen LogP contribution in [0.4, 0.5) is 26.3 Å². The Morgan fingerprint density at radius 2 is 1.56 bits per heavy atom. The minimum absolute atomic E-state index is 0.129. The number of carboxylic acids is 1. The molecule has 2 unspecified atom stereocenters. The highest BCUT2D eigenvalue weighted by Crippen LogP contribution is 2.40. The Hall–Kier alpha value is -2.52. The molecule has 2 aliphatic rings. The molecule has 2 aliphatic heterocycles. The number of halogens is 6. The van der Waals surface area contributed by atoms with Gasteiger partial charge in [0.15, 0.2) is 15.3 Å². The molecule has 186 valence electrons. The van der Waals surface area contributed by atoms with E-state index in [0.29, 0.717) is 24.5 Å². The smallest absolute Gasteiger partial charge is 0.416 e. The summed E-state index contributed by atoms with van der Waals surface area (Å²) in [6.45, 7) is -0.380. The summed E-state index contributed by atoms with van der Waals surface area (Å²) in [5.74, 6) is -0.527. The first-order valence-corrected chi connectivity index (χ1v) is 11.6. The molecule has 3 heterocycles. The zero-order chi connectivity index (χ0) is 25.1. The second-order valence-electron chi connectivity index (χ2n) is 8.16. The molecule has 2 atom stereocenters. The van der Waals surface area contributed by atoms with Crippen LogP contribution in [0.15, 0.2) is 23.1 Å². The zero-order valence-electron chi connectivity index (χ0n) is 17.3. The van der Waals surface area contributed by atoms with Gasteiger partial charge in [-0.15, -0.1) is 14.5 Å². The number of aliphatic carboxylic acids is 1. The molecule has 2 aromatic rings. The average Bonchev–Trinajstić information content (AvgIpc) is 3.34. The molecule has 1 aromatic heterocycles. The van der Waals surface area contributed by atoms with Crippen molar-refractivity contribution in [3.05, 3.63) is 41.0 Å². The maximum absolute atomic E-state index is 13.1. The summed E-state index contributed by atoms with van der Waals surface area (Å²) >= 11 is 0. The fourth-order valence-electron chi connectivity index (χ4n) is 4.33. The summed E-state index contributed by atoms with van der Waals surface area (Å²) in [5.41, 5.74) is -3.43. The standard InChI is InChI=1S/C19H18F6N4O4S/c20-18(21,22)11-7-12(19(23,24)25)9-13(8-11)34(32,33)28-5-3-10(4-6-28)16-27-26-15-2-1-14(17(30)31)29(15)16/h7-10,14H,1-6H2,(H-,30,31,32,33). The van der Waals surface area contributed by atoms with E-state index in [4.69, 9.17) is 0 Å². The van der Waals surface area contributed by atoms with Crippen LogP contribution in [-0.4, -0.2) is 47.8 Å². The minimum Gasteiger partial charge on any atom is -0.593 e. The van der Waals surface area contributed by atoms with Crippen LogP contribution in [0.1, 0.15) is 54.0 Å². The minimum atomic E-state index is -5.17. The Bertz CT molecular complexity index is 1120. The Balaban J connectivity index is 1.58. The molecular formula is C19H18F6N4O4S. The van der Waals surface area contributed by atoms with Gasteiger partial charge < -0.3 is 14.2 Å². The molecule has 1 saturated heterocycles. The van der Waals surface area contributed by atoms with Gasteiger partial charge in [-0.3, -0.25) is 0 Å². The monoisotopic (exact) mass is 512 g/mol. The Labute approximate surface area is 190 Å². The fourth-order valence-corrected chi connectivity index (χ4v) is 5.87. The van der Waals surface area contributed by atoms with Crippen molar-refractivity contribution >= 4 is 16.4 Å². The molecule has 0 spiro atoms. The highest BCUT2D eigenvalue weighted by atomic mass is 32.3. The van der Waals surface area contributed by atoms with Crippen LogP contribution in [0.2, 0.25) is 0 Å². The van der Waals surface area contributed by atoms with E-state index in [2.05, 4.69) is 10.2 Å². The maximum atomic E-state index is 13.1. The van der Waals surface area contributed by atoms with Crippen LogP contribution in [0.5, 0.6) is 0 Å². The number of piperidine rings is 1. The number of rotatable bonds is 4. The highest BCUT2D eigenvalue weighted by Gasteiger charge is 2.43. The fraction of sp³-hybridized carbons (Fsp3) is 0.526. The van der Waals surface area contributed by atoms with Crippen molar-refractivity contribution in [2.45, 2.75) is 54.9 Å². The lowest BCUT2D eigenvalue weighted by molar-refractivity contribution is -0.143. The molecule has 0 bridgehead atoms. The van der Waals surface area contributed by atoms with Crippen LogP contribution in [0.25, 0.3) is 0 Å². The van der Waals surface area contributed by atoms with Gasteiger partial charge in [0.05, 0.1) is 11.1 Å². The molecule has 0 amide bonds. The topological polar surface area (TPSA) is 111 Å². The molecule has 8 nitrogen and oxygen atoms in total. The van der Waals surface area contributed by atoms with E-state index >= 15 is 0 Å². The summed E-state index contributed by atoms with van der Waals surface area (Å²) in [7, 11) is -4.66. The van der Waals surface area contributed by atoms with Crippen LogP contribution in [0, 0.1) is 0 Å². The van der Waals surface area contributed by atoms with Crippen molar-refractivity contribution in [1.82, 2.24) is 19.1 Å². The summed E-state index contributed by atoms with van der Waals surface area (Å²) in [4.78, 5) is 10.4. The molecule has 0 saturated carbocycles. The SMILES string of the molecule is O=C(O)C1CCc2nnc(C3CCN([S+](=O)([O-])c4cc(C(F)(F)F)cc(C(F)(F)F)c4)CC3)n21. The third-order valence-electron chi connectivity index (χ3n) is 6.05. The first-order valence-electron chi connectivity index (χ1n) is 10.2. The average molecular weight is 512 g/mol. The van der Waals surface area contributed by atoms with Crippen molar-refractivity contribution in [3.63, 3.8) is 0 Å². The largest absolute Gasteiger partial charge is 0.593 e.